The van der Waals surface area contributed by atoms with Crippen molar-refractivity contribution in [2.45, 2.75) is 33.1 Å². The van der Waals surface area contributed by atoms with E-state index in [-0.39, 0.29) is 0 Å². The minimum atomic E-state index is 0.821. The highest BCUT2D eigenvalue weighted by atomic mass is 14.4. The molecule has 0 aliphatic heterocycles. The van der Waals surface area contributed by atoms with Gasteiger partial charge in [-0.2, -0.15) is 0 Å². The predicted molar refractivity (Wildman–Crippen MR) is 313 cm³/mol. The third-order valence-electron chi connectivity index (χ3n) is 15.9. The van der Waals surface area contributed by atoms with Gasteiger partial charge in [0.1, 0.15) is 0 Å². The van der Waals surface area contributed by atoms with Gasteiger partial charge in [0.15, 0.2) is 0 Å². The Bertz CT molecular complexity index is 4150. The lowest BCUT2D eigenvalue weighted by Gasteiger charge is -2.22. The molecule has 0 heteroatoms. The Balaban J connectivity index is 0.000000653. The molecule has 0 atom stereocenters. The first-order valence-electron chi connectivity index (χ1n) is 25.9. The quantitative estimate of drug-likeness (QED) is 0.161. The van der Waals surface area contributed by atoms with Gasteiger partial charge in [0, 0.05) is 0 Å². The summed E-state index contributed by atoms with van der Waals surface area (Å²) >= 11 is 0. The van der Waals surface area contributed by atoms with Crippen molar-refractivity contribution in [3.05, 3.63) is 286 Å². The van der Waals surface area contributed by atoms with Crippen molar-refractivity contribution < 1.29 is 0 Å². The molecule has 0 fully saturated rings. The van der Waals surface area contributed by atoms with Gasteiger partial charge < -0.3 is 0 Å². The van der Waals surface area contributed by atoms with E-state index in [1.807, 2.05) is 18.2 Å². The summed E-state index contributed by atoms with van der Waals surface area (Å²) in [5.74, 6) is 0. The molecule has 0 unspecified atom stereocenters. The molecule has 10 aromatic carbocycles. The highest BCUT2D eigenvalue weighted by Gasteiger charge is 2.38. The number of aryl methyl sites for hydroxylation is 1. The van der Waals surface area contributed by atoms with Crippen LogP contribution in [0.2, 0.25) is 0 Å². The van der Waals surface area contributed by atoms with Gasteiger partial charge in [-0.25, -0.2) is 0 Å². The minimum absolute atomic E-state index is 0.821. The van der Waals surface area contributed by atoms with Crippen LogP contribution in [0.3, 0.4) is 0 Å². The smallest absolute Gasteiger partial charge is 0.00137 e. The van der Waals surface area contributed by atoms with Crippen molar-refractivity contribution in [2.24, 2.45) is 0 Å². The van der Waals surface area contributed by atoms with Crippen LogP contribution in [0.15, 0.2) is 242 Å². The van der Waals surface area contributed by atoms with Crippen LogP contribution in [0.1, 0.15) is 65.1 Å². The van der Waals surface area contributed by atoms with Crippen LogP contribution in [0.4, 0.5) is 0 Å². The SMILES string of the molecule is CC1=C(c2ccc(C3=CCC4=C5C(=CCC=c6c5c3c3ccc5c7c(ccc6c37)-c3c(-c6ccccc6)cccc3-5)c3c(-c5ccccc5)ccc(-c5ccccc5)c34)cc2)C=CCC=C1.Cc1ccccc1. The van der Waals surface area contributed by atoms with Crippen LogP contribution in [-0.4, -0.2) is 0 Å². The number of hydrogen-bond donors (Lipinski definition) is 0. The maximum Gasteiger partial charge on any atom is -0.00137 e. The van der Waals surface area contributed by atoms with E-state index in [0.29, 0.717) is 0 Å². The van der Waals surface area contributed by atoms with E-state index in [4.69, 9.17) is 0 Å². The molecule has 0 spiro atoms. The highest BCUT2D eigenvalue weighted by Crippen LogP contribution is 2.59. The van der Waals surface area contributed by atoms with E-state index in [1.54, 1.807) is 0 Å². The number of benzene rings is 10. The zero-order valence-electron chi connectivity index (χ0n) is 41.2. The van der Waals surface area contributed by atoms with Crippen molar-refractivity contribution in [3.8, 4) is 55.6 Å². The Morgan fingerprint density at radius 3 is 1.58 bits per heavy atom. The summed E-state index contributed by atoms with van der Waals surface area (Å²) < 4.78 is 0. The van der Waals surface area contributed by atoms with E-state index in [0.717, 1.165) is 19.3 Å². The lowest BCUT2D eigenvalue weighted by atomic mass is 9.80. The van der Waals surface area contributed by atoms with Crippen LogP contribution in [0, 0.1) is 6.92 Å². The van der Waals surface area contributed by atoms with Crippen molar-refractivity contribution in [2.75, 3.05) is 0 Å². The van der Waals surface area contributed by atoms with Gasteiger partial charge in [-0.3, -0.25) is 0 Å². The second kappa shape index (κ2) is 17.5. The van der Waals surface area contributed by atoms with Gasteiger partial charge in [-0.15, -0.1) is 0 Å². The lowest BCUT2D eigenvalue weighted by molar-refractivity contribution is 1.40. The van der Waals surface area contributed by atoms with Gasteiger partial charge in [-0.1, -0.05) is 248 Å². The molecule has 0 N–H and O–H groups in total. The summed E-state index contributed by atoms with van der Waals surface area (Å²) in [6.07, 6.45) is 19.4. The fraction of sp³-hybridized carbons (Fsp3) is 0.0685. The summed E-state index contributed by atoms with van der Waals surface area (Å²) in [5, 5.41) is 6.78. The maximum absolute atomic E-state index is 2.58. The zero-order valence-corrected chi connectivity index (χ0v) is 41.2. The minimum Gasteiger partial charge on any atom is -0.0805 e. The lowest BCUT2D eigenvalue weighted by Crippen LogP contribution is -2.14. The molecule has 10 aromatic rings. The van der Waals surface area contributed by atoms with E-state index in [2.05, 4.69) is 238 Å². The fourth-order valence-electron chi connectivity index (χ4n) is 12.7. The van der Waals surface area contributed by atoms with E-state index in [1.165, 1.54) is 155 Å². The van der Waals surface area contributed by atoms with E-state index >= 15 is 0 Å². The summed E-state index contributed by atoms with van der Waals surface area (Å²) in [6.45, 7) is 4.31. The highest BCUT2D eigenvalue weighted by molar-refractivity contribution is 6.33. The summed E-state index contributed by atoms with van der Waals surface area (Å²) in [5.41, 5.74) is 30.4. The maximum atomic E-state index is 2.58. The molecule has 73 heavy (non-hydrogen) atoms. The molecule has 5 aliphatic carbocycles. The standard InChI is InChI=1S/C66H44.C7H8/c1-40-16-6-2-13-23-46(40)44-28-30-45(31-29-44)50-34-37-57-61-49(43-21-11-5-12-22-43)33-32-48(42-19-9-4-10-20-42)60(61)55-27-15-26-52-54-35-38-56-59-47(41-17-7-3-8-18-41)24-14-25-51(59)53-36-39-58(64(54)63(53)56)62(50)66(52)65(55)57;1-7-5-3-2-4-6-7/h3-14,16-36,38-39H,2,15,37H2,1H3;2-6H,1H3. The van der Waals surface area contributed by atoms with Crippen LogP contribution in [0.25, 0.3) is 111 Å². The molecule has 0 bridgehead atoms. The molecule has 0 heterocycles. The molecule has 0 aromatic heterocycles. The van der Waals surface area contributed by atoms with Gasteiger partial charge in [0.2, 0.25) is 0 Å². The Hall–Kier alpha value is -8.84. The first kappa shape index (κ1) is 43.0. The monoisotopic (exact) mass is 928 g/mol. The number of rotatable bonds is 5. The third-order valence-corrected chi connectivity index (χ3v) is 15.9. The molecule has 0 amide bonds. The Kier molecular flexibility index (Phi) is 10.3. The van der Waals surface area contributed by atoms with Crippen molar-refractivity contribution in [1.82, 2.24) is 0 Å². The first-order chi connectivity index (χ1) is 36.1. The van der Waals surface area contributed by atoms with E-state index in [9.17, 15) is 0 Å². The largest absolute Gasteiger partial charge is 0.0805 e. The number of hydrogen-bond acceptors (Lipinski definition) is 0. The average Bonchev–Trinajstić information content (AvgIpc) is 3.65. The summed E-state index contributed by atoms with van der Waals surface area (Å²) in [4.78, 5) is 0. The van der Waals surface area contributed by atoms with Crippen molar-refractivity contribution in [1.29, 1.82) is 0 Å². The van der Waals surface area contributed by atoms with Crippen molar-refractivity contribution in [3.63, 3.8) is 0 Å². The molecule has 15 rings (SSSR count). The molecule has 0 radical (unpaired) electrons. The predicted octanol–water partition coefficient (Wildman–Crippen LogP) is 19.0. The normalized spacial score (nSPS) is 14.6. The first-order valence-corrected chi connectivity index (χ1v) is 25.9. The van der Waals surface area contributed by atoms with Crippen LogP contribution in [0.5, 0.6) is 0 Å². The molecular weight excluding hydrogens is 877 g/mol. The Morgan fingerprint density at radius 2 is 0.904 bits per heavy atom. The summed E-state index contributed by atoms with van der Waals surface area (Å²) in [6, 6.07) is 74.3. The number of allylic oxidation sites excluding steroid dienone is 11. The molecule has 5 aliphatic rings. The second-order valence-corrected chi connectivity index (χ2v) is 20.1. The Morgan fingerprint density at radius 1 is 0.329 bits per heavy atom. The molecule has 0 nitrogen and oxygen atoms in total. The molecule has 344 valence electrons. The molecule has 0 saturated carbocycles. The fourth-order valence-corrected chi connectivity index (χ4v) is 12.7. The van der Waals surface area contributed by atoms with Gasteiger partial charge >= 0.3 is 0 Å². The van der Waals surface area contributed by atoms with Crippen LogP contribution in [-0.2, 0) is 0 Å². The van der Waals surface area contributed by atoms with Gasteiger partial charge in [0.25, 0.3) is 0 Å². The van der Waals surface area contributed by atoms with Crippen LogP contribution >= 0.6 is 0 Å². The average molecular weight is 929 g/mol. The zero-order chi connectivity index (χ0) is 48.6. The van der Waals surface area contributed by atoms with Crippen molar-refractivity contribution >= 4 is 55.5 Å². The van der Waals surface area contributed by atoms with E-state index < -0.39 is 0 Å². The number of fused-ring (bicyclic) bond motifs is 8. The third kappa shape index (κ3) is 6.89. The Labute approximate surface area is 428 Å². The summed E-state index contributed by atoms with van der Waals surface area (Å²) in [7, 11) is 0. The molecule has 0 saturated heterocycles. The second-order valence-electron chi connectivity index (χ2n) is 20.1. The van der Waals surface area contributed by atoms with Gasteiger partial charge in [0.05, 0.1) is 0 Å². The van der Waals surface area contributed by atoms with Crippen LogP contribution < -0.4 is 5.22 Å². The topological polar surface area (TPSA) is 0 Å². The molecular formula is C73H52. The van der Waals surface area contributed by atoms with Gasteiger partial charge in [-0.05, 0) is 182 Å².